The summed E-state index contributed by atoms with van der Waals surface area (Å²) < 4.78 is 0. The van der Waals surface area contributed by atoms with Crippen LogP contribution in [0.15, 0.2) is 12.1 Å². The molecule has 1 aliphatic heterocycles. The maximum absolute atomic E-state index is 4.72. The van der Waals surface area contributed by atoms with Gasteiger partial charge in [-0.25, -0.2) is 0 Å². The smallest absolute Gasteiger partial charge is 0.0579 e. The van der Waals surface area contributed by atoms with Crippen molar-refractivity contribution >= 4 is 0 Å². The van der Waals surface area contributed by atoms with Crippen LogP contribution >= 0.6 is 0 Å². The molecule has 0 amide bonds. The Balaban J connectivity index is 2.33. The molecule has 0 saturated heterocycles. The number of aromatic nitrogens is 1. The van der Waals surface area contributed by atoms with Crippen LogP contribution in [0.3, 0.4) is 0 Å². The standard InChI is InChI=1S/C12H18N2/c1-9(2)11-5-4-10-6-7-14(3)8-12(10)13-11/h4-5,9H,6-8H2,1-3H3. The maximum Gasteiger partial charge on any atom is 0.0579 e. The topological polar surface area (TPSA) is 16.1 Å². The van der Waals surface area contributed by atoms with Gasteiger partial charge in [-0.3, -0.25) is 4.98 Å². The van der Waals surface area contributed by atoms with Crippen LogP contribution in [0.1, 0.15) is 36.7 Å². The molecule has 14 heavy (non-hydrogen) atoms. The Hall–Kier alpha value is -0.890. The fraction of sp³-hybridized carbons (Fsp3) is 0.583. The van der Waals surface area contributed by atoms with Crippen molar-refractivity contribution in [2.75, 3.05) is 13.6 Å². The predicted molar refractivity (Wildman–Crippen MR) is 58.4 cm³/mol. The molecule has 0 atom stereocenters. The van der Waals surface area contributed by atoms with Gasteiger partial charge in [0, 0.05) is 18.8 Å². The van der Waals surface area contributed by atoms with Crippen molar-refractivity contribution in [1.29, 1.82) is 0 Å². The van der Waals surface area contributed by atoms with Crippen LogP contribution in [-0.4, -0.2) is 23.5 Å². The van der Waals surface area contributed by atoms with E-state index >= 15 is 0 Å². The minimum absolute atomic E-state index is 0.535. The minimum Gasteiger partial charge on any atom is -0.300 e. The molecule has 0 radical (unpaired) electrons. The highest BCUT2D eigenvalue weighted by Crippen LogP contribution is 2.19. The van der Waals surface area contributed by atoms with Gasteiger partial charge in [-0.15, -0.1) is 0 Å². The van der Waals surface area contributed by atoms with Gasteiger partial charge in [0.05, 0.1) is 5.69 Å². The average molecular weight is 190 g/mol. The second kappa shape index (κ2) is 3.70. The Kier molecular flexibility index (Phi) is 2.55. The van der Waals surface area contributed by atoms with Crippen molar-refractivity contribution in [3.05, 3.63) is 29.1 Å². The first kappa shape index (κ1) is 9.66. The first-order valence-corrected chi connectivity index (χ1v) is 5.34. The summed E-state index contributed by atoms with van der Waals surface area (Å²) in [4.78, 5) is 7.05. The van der Waals surface area contributed by atoms with Crippen molar-refractivity contribution in [3.63, 3.8) is 0 Å². The number of likely N-dealkylation sites (N-methyl/N-ethyl adjacent to an activating group) is 1. The third-order valence-corrected chi connectivity index (χ3v) is 2.86. The van der Waals surface area contributed by atoms with Crippen molar-refractivity contribution in [2.24, 2.45) is 0 Å². The number of nitrogens with zero attached hydrogens (tertiary/aromatic N) is 2. The molecule has 2 heterocycles. The second-order valence-corrected chi connectivity index (χ2v) is 4.48. The van der Waals surface area contributed by atoms with E-state index in [1.807, 2.05) is 0 Å². The molecule has 0 aromatic carbocycles. The predicted octanol–water partition coefficient (Wildman–Crippen LogP) is 2.19. The van der Waals surface area contributed by atoms with Gasteiger partial charge in [0.15, 0.2) is 0 Å². The van der Waals surface area contributed by atoms with Crippen LogP contribution in [0.25, 0.3) is 0 Å². The summed E-state index contributed by atoms with van der Waals surface area (Å²) in [6, 6.07) is 4.43. The zero-order valence-corrected chi connectivity index (χ0v) is 9.25. The lowest BCUT2D eigenvalue weighted by Crippen LogP contribution is -2.27. The van der Waals surface area contributed by atoms with Crippen LogP contribution in [-0.2, 0) is 13.0 Å². The first-order chi connectivity index (χ1) is 6.66. The molecule has 2 nitrogen and oxygen atoms in total. The molecule has 0 unspecified atom stereocenters. The summed E-state index contributed by atoms with van der Waals surface area (Å²) in [6.07, 6.45) is 1.15. The molecule has 0 spiro atoms. The van der Waals surface area contributed by atoms with E-state index in [0.29, 0.717) is 5.92 Å². The number of hydrogen-bond donors (Lipinski definition) is 0. The Labute approximate surface area is 86.0 Å². The van der Waals surface area contributed by atoms with Crippen molar-refractivity contribution in [2.45, 2.75) is 32.7 Å². The lowest BCUT2D eigenvalue weighted by Gasteiger charge is -2.24. The fourth-order valence-electron chi connectivity index (χ4n) is 1.88. The van der Waals surface area contributed by atoms with Gasteiger partial charge in [0.1, 0.15) is 0 Å². The normalized spacial score (nSPS) is 17.1. The van der Waals surface area contributed by atoms with E-state index in [9.17, 15) is 0 Å². The van der Waals surface area contributed by atoms with E-state index in [4.69, 9.17) is 4.98 Å². The Morgan fingerprint density at radius 1 is 1.36 bits per heavy atom. The third kappa shape index (κ3) is 1.80. The van der Waals surface area contributed by atoms with Crippen LogP contribution in [0.5, 0.6) is 0 Å². The number of rotatable bonds is 1. The number of pyridine rings is 1. The molecule has 1 aliphatic rings. The van der Waals surface area contributed by atoms with E-state index in [1.165, 1.54) is 17.0 Å². The van der Waals surface area contributed by atoms with Crippen molar-refractivity contribution in [1.82, 2.24) is 9.88 Å². The summed E-state index contributed by atoms with van der Waals surface area (Å²) in [6.45, 7) is 6.56. The Morgan fingerprint density at radius 2 is 2.14 bits per heavy atom. The highest BCUT2D eigenvalue weighted by molar-refractivity contribution is 5.26. The van der Waals surface area contributed by atoms with E-state index < -0.39 is 0 Å². The minimum atomic E-state index is 0.535. The summed E-state index contributed by atoms with van der Waals surface area (Å²) in [7, 11) is 2.16. The monoisotopic (exact) mass is 190 g/mol. The van der Waals surface area contributed by atoms with Gasteiger partial charge in [-0.2, -0.15) is 0 Å². The summed E-state index contributed by atoms with van der Waals surface area (Å²) in [5, 5.41) is 0. The molecule has 0 bridgehead atoms. The molecule has 0 aliphatic carbocycles. The maximum atomic E-state index is 4.72. The largest absolute Gasteiger partial charge is 0.300 e. The Bertz CT molecular complexity index is 331. The first-order valence-electron chi connectivity index (χ1n) is 5.34. The number of fused-ring (bicyclic) bond motifs is 1. The highest BCUT2D eigenvalue weighted by Gasteiger charge is 2.15. The number of hydrogen-bond acceptors (Lipinski definition) is 2. The van der Waals surface area contributed by atoms with Crippen LogP contribution in [0.4, 0.5) is 0 Å². The summed E-state index contributed by atoms with van der Waals surface area (Å²) in [5.41, 5.74) is 3.94. The molecule has 2 heteroatoms. The van der Waals surface area contributed by atoms with Gasteiger partial charge >= 0.3 is 0 Å². The van der Waals surface area contributed by atoms with E-state index in [0.717, 1.165) is 19.5 Å². The fourth-order valence-corrected chi connectivity index (χ4v) is 1.88. The lowest BCUT2D eigenvalue weighted by molar-refractivity contribution is 0.307. The van der Waals surface area contributed by atoms with Crippen molar-refractivity contribution in [3.8, 4) is 0 Å². The van der Waals surface area contributed by atoms with Gasteiger partial charge in [-0.05, 0) is 31.0 Å². The molecule has 0 fully saturated rings. The zero-order chi connectivity index (χ0) is 10.1. The molecule has 1 aromatic rings. The van der Waals surface area contributed by atoms with E-state index in [2.05, 4.69) is 37.9 Å². The molecule has 1 aromatic heterocycles. The third-order valence-electron chi connectivity index (χ3n) is 2.86. The summed E-state index contributed by atoms with van der Waals surface area (Å²) in [5.74, 6) is 0.535. The second-order valence-electron chi connectivity index (χ2n) is 4.48. The quantitative estimate of drug-likeness (QED) is 0.675. The molecular formula is C12H18N2. The summed E-state index contributed by atoms with van der Waals surface area (Å²) >= 11 is 0. The zero-order valence-electron chi connectivity index (χ0n) is 9.25. The Morgan fingerprint density at radius 3 is 2.86 bits per heavy atom. The van der Waals surface area contributed by atoms with Crippen molar-refractivity contribution < 1.29 is 0 Å². The van der Waals surface area contributed by atoms with Gasteiger partial charge in [0.25, 0.3) is 0 Å². The highest BCUT2D eigenvalue weighted by atomic mass is 15.1. The molecule has 0 N–H and O–H groups in total. The molecule has 2 rings (SSSR count). The molecule has 76 valence electrons. The van der Waals surface area contributed by atoms with Gasteiger partial charge in [0.2, 0.25) is 0 Å². The molecular weight excluding hydrogens is 172 g/mol. The van der Waals surface area contributed by atoms with Gasteiger partial charge in [-0.1, -0.05) is 19.9 Å². The SMILES string of the molecule is CC(C)c1ccc2c(n1)CN(C)CC2. The lowest BCUT2D eigenvalue weighted by atomic mass is 10.0. The van der Waals surface area contributed by atoms with Gasteiger partial charge < -0.3 is 4.90 Å². The van der Waals surface area contributed by atoms with E-state index in [-0.39, 0.29) is 0 Å². The van der Waals surface area contributed by atoms with E-state index in [1.54, 1.807) is 0 Å². The average Bonchev–Trinajstić information content (AvgIpc) is 2.16. The van der Waals surface area contributed by atoms with Crippen LogP contribution < -0.4 is 0 Å². The van der Waals surface area contributed by atoms with Crippen LogP contribution in [0.2, 0.25) is 0 Å². The molecule has 0 saturated carbocycles. The van der Waals surface area contributed by atoms with Crippen LogP contribution in [0, 0.1) is 0 Å².